The molecule has 2 aromatic rings. The van der Waals surface area contributed by atoms with Crippen molar-refractivity contribution in [2.45, 2.75) is 26.2 Å². The highest BCUT2D eigenvalue weighted by atomic mass is 16.5. The minimum Gasteiger partial charge on any atom is -0.476 e. The van der Waals surface area contributed by atoms with E-state index in [4.69, 9.17) is 9.73 Å². The number of hydrogen-bond donors (Lipinski definition) is 0. The Morgan fingerprint density at radius 2 is 1.52 bits per heavy atom. The Morgan fingerprint density at radius 3 is 1.91 bits per heavy atom. The molecule has 1 heterocycles. The lowest BCUT2D eigenvalue weighted by molar-refractivity contribution is 0.213. The summed E-state index contributed by atoms with van der Waals surface area (Å²) >= 11 is 0. The fraction of sp³-hybridized carbons (Fsp3) is 0.286. The maximum atomic E-state index is 6.02. The molecule has 1 aliphatic heterocycles. The summed E-state index contributed by atoms with van der Waals surface area (Å²) in [7, 11) is 0. The molecular formula is C21H23NO. The molecule has 0 N–H and O–H groups in total. The molecule has 2 aromatic carbocycles. The van der Waals surface area contributed by atoms with Crippen molar-refractivity contribution < 1.29 is 4.74 Å². The fourth-order valence-corrected chi connectivity index (χ4v) is 3.44. The lowest BCUT2D eigenvalue weighted by Crippen LogP contribution is -2.42. The normalized spacial score (nSPS) is 16.4. The van der Waals surface area contributed by atoms with Crippen LogP contribution in [0.4, 0.5) is 0 Å². The molecular weight excluding hydrogens is 282 g/mol. The first kappa shape index (κ1) is 15.5. The molecule has 118 valence electrons. The molecule has 0 aliphatic carbocycles. The maximum Gasteiger partial charge on any atom is 0.211 e. The predicted molar refractivity (Wildman–Crippen MR) is 96.2 cm³/mol. The topological polar surface area (TPSA) is 21.6 Å². The summed E-state index contributed by atoms with van der Waals surface area (Å²) in [5.74, 6) is 0.683. The van der Waals surface area contributed by atoms with E-state index in [9.17, 15) is 0 Å². The van der Waals surface area contributed by atoms with Crippen molar-refractivity contribution in [3.63, 3.8) is 0 Å². The van der Waals surface area contributed by atoms with Gasteiger partial charge in [0.2, 0.25) is 5.90 Å². The molecule has 0 unspecified atom stereocenters. The van der Waals surface area contributed by atoms with Gasteiger partial charge in [0.1, 0.15) is 6.61 Å². The van der Waals surface area contributed by atoms with Crippen LogP contribution < -0.4 is 0 Å². The van der Waals surface area contributed by atoms with E-state index in [2.05, 4.69) is 69.0 Å². The molecule has 0 saturated heterocycles. The zero-order valence-corrected chi connectivity index (χ0v) is 14.1. The maximum absolute atomic E-state index is 6.02. The summed E-state index contributed by atoms with van der Waals surface area (Å²) in [5, 5.41) is 0. The number of rotatable bonds is 3. The molecule has 2 heteroatoms. The van der Waals surface area contributed by atoms with Gasteiger partial charge in [-0.1, -0.05) is 55.1 Å². The SMILES string of the molecule is C=C(C)C1=NCC(c2ccccc2C)(c2ccccc2C)CO1. The molecule has 1 aliphatic rings. The van der Waals surface area contributed by atoms with Gasteiger partial charge in [-0.05, 0) is 43.0 Å². The van der Waals surface area contributed by atoms with Gasteiger partial charge in [0.05, 0.1) is 12.0 Å². The van der Waals surface area contributed by atoms with Crippen LogP contribution >= 0.6 is 0 Å². The van der Waals surface area contributed by atoms with E-state index in [1.807, 2.05) is 6.92 Å². The van der Waals surface area contributed by atoms with Crippen LogP contribution in [-0.2, 0) is 10.2 Å². The molecule has 2 nitrogen and oxygen atoms in total. The zero-order chi connectivity index (χ0) is 16.4. The molecule has 0 amide bonds. The molecule has 23 heavy (non-hydrogen) atoms. The van der Waals surface area contributed by atoms with Crippen molar-refractivity contribution in [1.82, 2.24) is 0 Å². The van der Waals surface area contributed by atoms with Crippen LogP contribution in [0.2, 0.25) is 0 Å². The number of aliphatic imine (C=N–C) groups is 1. The van der Waals surface area contributed by atoms with Crippen LogP contribution in [0.1, 0.15) is 29.2 Å². The lowest BCUT2D eigenvalue weighted by atomic mass is 9.71. The van der Waals surface area contributed by atoms with Gasteiger partial charge >= 0.3 is 0 Å². The standard InChI is InChI=1S/C21H23NO/c1-15(2)20-22-13-21(14-23-20,18-11-7-5-9-16(18)3)19-12-8-6-10-17(19)4/h5-12H,1,13-14H2,2-4H3. The van der Waals surface area contributed by atoms with E-state index >= 15 is 0 Å². The average Bonchev–Trinajstić information content (AvgIpc) is 2.56. The third-order valence-corrected chi connectivity index (χ3v) is 4.63. The number of nitrogens with zero attached hydrogens (tertiary/aromatic N) is 1. The van der Waals surface area contributed by atoms with Crippen LogP contribution in [0.25, 0.3) is 0 Å². The third-order valence-electron chi connectivity index (χ3n) is 4.63. The zero-order valence-electron chi connectivity index (χ0n) is 14.1. The largest absolute Gasteiger partial charge is 0.476 e. The van der Waals surface area contributed by atoms with Gasteiger partial charge in [-0.15, -0.1) is 0 Å². The second-order valence-electron chi connectivity index (χ2n) is 6.40. The average molecular weight is 305 g/mol. The van der Waals surface area contributed by atoms with Crippen molar-refractivity contribution in [2.75, 3.05) is 13.2 Å². The molecule has 0 saturated carbocycles. The van der Waals surface area contributed by atoms with E-state index < -0.39 is 0 Å². The predicted octanol–water partition coefficient (Wildman–Crippen LogP) is 4.59. The van der Waals surface area contributed by atoms with Crippen molar-refractivity contribution in [1.29, 1.82) is 0 Å². The van der Waals surface area contributed by atoms with E-state index in [0.717, 1.165) is 5.57 Å². The summed E-state index contributed by atoms with van der Waals surface area (Å²) < 4.78 is 6.02. The quantitative estimate of drug-likeness (QED) is 0.812. The smallest absolute Gasteiger partial charge is 0.211 e. The van der Waals surface area contributed by atoms with Crippen LogP contribution in [-0.4, -0.2) is 19.0 Å². The second kappa shape index (κ2) is 6.04. The first-order chi connectivity index (χ1) is 11.0. The Balaban J connectivity index is 2.19. The van der Waals surface area contributed by atoms with Gasteiger partial charge in [0.25, 0.3) is 0 Å². The van der Waals surface area contributed by atoms with Gasteiger partial charge in [0, 0.05) is 5.57 Å². The van der Waals surface area contributed by atoms with Crippen LogP contribution in [0.3, 0.4) is 0 Å². The Labute approximate surface area is 138 Å². The van der Waals surface area contributed by atoms with Crippen LogP contribution in [0.5, 0.6) is 0 Å². The number of hydrogen-bond acceptors (Lipinski definition) is 2. The summed E-state index contributed by atoms with van der Waals surface area (Å²) in [6.45, 7) is 11.5. The molecule has 0 bridgehead atoms. The monoisotopic (exact) mass is 305 g/mol. The van der Waals surface area contributed by atoms with Crippen molar-refractivity contribution in [3.8, 4) is 0 Å². The summed E-state index contributed by atoms with van der Waals surface area (Å²) in [6, 6.07) is 17.1. The van der Waals surface area contributed by atoms with Crippen molar-refractivity contribution >= 4 is 5.90 Å². The van der Waals surface area contributed by atoms with Gasteiger partial charge in [-0.3, -0.25) is 4.99 Å². The number of ether oxygens (including phenoxy) is 1. The fourth-order valence-electron chi connectivity index (χ4n) is 3.44. The Kier molecular flexibility index (Phi) is 4.08. The summed E-state index contributed by atoms with van der Waals surface area (Å²) in [6.07, 6.45) is 0. The number of aryl methyl sites for hydroxylation is 2. The van der Waals surface area contributed by atoms with Gasteiger partial charge in [0.15, 0.2) is 0 Å². The highest BCUT2D eigenvalue weighted by Gasteiger charge is 2.40. The Morgan fingerprint density at radius 1 is 1.00 bits per heavy atom. The first-order valence-corrected chi connectivity index (χ1v) is 8.00. The van der Waals surface area contributed by atoms with Gasteiger partial charge < -0.3 is 4.74 Å². The van der Waals surface area contributed by atoms with Gasteiger partial charge in [-0.2, -0.15) is 0 Å². The Hall–Kier alpha value is -2.35. The highest BCUT2D eigenvalue weighted by Crippen LogP contribution is 2.39. The summed E-state index contributed by atoms with van der Waals surface area (Å²) in [4.78, 5) is 4.71. The third kappa shape index (κ3) is 2.70. The van der Waals surface area contributed by atoms with E-state index in [1.165, 1.54) is 22.3 Å². The minimum absolute atomic E-state index is 0.240. The first-order valence-electron chi connectivity index (χ1n) is 8.00. The van der Waals surface area contributed by atoms with E-state index in [1.54, 1.807) is 0 Å². The van der Waals surface area contributed by atoms with Crippen LogP contribution in [0.15, 0.2) is 65.7 Å². The molecule has 0 radical (unpaired) electrons. The second-order valence-corrected chi connectivity index (χ2v) is 6.40. The molecule has 3 rings (SSSR count). The van der Waals surface area contributed by atoms with E-state index in [0.29, 0.717) is 19.0 Å². The van der Waals surface area contributed by atoms with Crippen LogP contribution in [0, 0.1) is 13.8 Å². The molecule has 0 fully saturated rings. The summed E-state index contributed by atoms with van der Waals surface area (Å²) in [5.41, 5.74) is 5.77. The van der Waals surface area contributed by atoms with Crippen molar-refractivity contribution in [2.24, 2.45) is 4.99 Å². The van der Waals surface area contributed by atoms with E-state index in [-0.39, 0.29) is 5.41 Å². The molecule has 0 aromatic heterocycles. The lowest BCUT2D eigenvalue weighted by Gasteiger charge is -2.38. The number of benzene rings is 2. The molecule has 0 atom stereocenters. The Bertz CT molecular complexity index is 727. The highest BCUT2D eigenvalue weighted by molar-refractivity contribution is 5.93. The molecule has 0 spiro atoms. The van der Waals surface area contributed by atoms with Crippen molar-refractivity contribution in [3.05, 3.63) is 82.9 Å². The van der Waals surface area contributed by atoms with Gasteiger partial charge in [-0.25, -0.2) is 0 Å². The minimum atomic E-state index is -0.240.